The summed E-state index contributed by atoms with van der Waals surface area (Å²) in [6, 6.07) is 0.987. The molecule has 0 fully saturated rings. The number of unbranched alkanes of at least 4 members (excludes halogenated alkanes) is 1. The Kier molecular flexibility index (Phi) is 3.62. The van der Waals surface area contributed by atoms with Gasteiger partial charge in [-0.2, -0.15) is 13.2 Å². The van der Waals surface area contributed by atoms with Crippen molar-refractivity contribution in [1.29, 1.82) is 0 Å². The van der Waals surface area contributed by atoms with Crippen LogP contribution in [0.25, 0.3) is 0 Å². The maximum atomic E-state index is 12.6. The number of aromatic carboxylic acids is 1. The molecule has 90 valence electrons. The monoisotopic (exact) mass is 235 g/mol. The Labute approximate surface area is 90.5 Å². The van der Waals surface area contributed by atoms with Crippen molar-refractivity contribution in [3.8, 4) is 0 Å². The molecule has 0 aliphatic rings. The maximum absolute atomic E-state index is 12.6. The maximum Gasteiger partial charge on any atom is 0.432 e. The summed E-state index contributed by atoms with van der Waals surface area (Å²) in [6.45, 7) is 2.04. The van der Waals surface area contributed by atoms with E-state index in [2.05, 4.69) is 0 Å². The highest BCUT2D eigenvalue weighted by atomic mass is 19.4. The SMILES string of the molecule is CCCCn1ccc(C(=O)O)c1C(F)(F)F. The third-order valence-corrected chi connectivity index (χ3v) is 2.21. The lowest BCUT2D eigenvalue weighted by Gasteiger charge is -2.12. The van der Waals surface area contributed by atoms with Crippen molar-refractivity contribution in [1.82, 2.24) is 4.57 Å². The molecule has 0 amide bonds. The molecule has 1 rings (SSSR count). The molecular weight excluding hydrogens is 223 g/mol. The largest absolute Gasteiger partial charge is 0.478 e. The van der Waals surface area contributed by atoms with E-state index in [1.54, 1.807) is 0 Å². The molecule has 0 atom stereocenters. The van der Waals surface area contributed by atoms with Crippen molar-refractivity contribution in [3.63, 3.8) is 0 Å². The lowest BCUT2D eigenvalue weighted by Crippen LogP contribution is -2.17. The van der Waals surface area contributed by atoms with E-state index in [4.69, 9.17) is 5.11 Å². The summed E-state index contributed by atoms with van der Waals surface area (Å²) in [6.07, 6.45) is -2.14. The molecule has 1 heterocycles. The first-order chi connectivity index (χ1) is 7.38. The van der Waals surface area contributed by atoms with Gasteiger partial charge in [-0.05, 0) is 12.5 Å². The molecule has 16 heavy (non-hydrogen) atoms. The molecule has 0 bridgehead atoms. The minimum Gasteiger partial charge on any atom is -0.478 e. The number of alkyl halides is 3. The van der Waals surface area contributed by atoms with Gasteiger partial charge in [-0.1, -0.05) is 13.3 Å². The number of carboxylic acid groups (broad SMARTS) is 1. The number of aromatic nitrogens is 1. The van der Waals surface area contributed by atoms with Crippen molar-refractivity contribution >= 4 is 5.97 Å². The van der Waals surface area contributed by atoms with E-state index < -0.39 is 23.4 Å². The van der Waals surface area contributed by atoms with E-state index in [1.807, 2.05) is 6.92 Å². The van der Waals surface area contributed by atoms with Crippen molar-refractivity contribution in [2.45, 2.75) is 32.5 Å². The molecule has 0 aromatic carbocycles. The number of rotatable bonds is 4. The Balaban J connectivity index is 3.15. The lowest BCUT2D eigenvalue weighted by atomic mass is 10.2. The highest BCUT2D eigenvalue weighted by Gasteiger charge is 2.38. The molecule has 1 N–H and O–H groups in total. The summed E-state index contributed by atoms with van der Waals surface area (Å²) < 4.78 is 38.9. The van der Waals surface area contributed by atoms with E-state index in [0.29, 0.717) is 6.42 Å². The number of aryl methyl sites for hydroxylation is 1. The number of halogens is 3. The van der Waals surface area contributed by atoms with Crippen molar-refractivity contribution in [2.24, 2.45) is 0 Å². The van der Waals surface area contributed by atoms with Crippen molar-refractivity contribution < 1.29 is 23.1 Å². The van der Waals surface area contributed by atoms with E-state index in [0.717, 1.165) is 17.1 Å². The fourth-order valence-corrected chi connectivity index (χ4v) is 1.48. The summed E-state index contributed by atoms with van der Waals surface area (Å²) in [5.74, 6) is -1.55. The third kappa shape index (κ3) is 2.56. The average molecular weight is 235 g/mol. The van der Waals surface area contributed by atoms with E-state index in [9.17, 15) is 18.0 Å². The average Bonchev–Trinajstić information content (AvgIpc) is 2.57. The Morgan fingerprint density at radius 1 is 1.50 bits per heavy atom. The van der Waals surface area contributed by atoms with Gasteiger partial charge in [0.2, 0.25) is 0 Å². The van der Waals surface area contributed by atoms with Crippen LogP contribution in [0.1, 0.15) is 35.8 Å². The summed E-state index contributed by atoms with van der Waals surface area (Å²) >= 11 is 0. The summed E-state index contributed by atoms with van der Waals surface area (Å²) in [4.78, 5) is 10.6. The Bertz CT molecular complexity index is 382. The quantitative estimate of drug-likeness (QED) is 0.871. The second-order valence-corrected chi connectivity index (χ2v) is 3.43. The minimum atomic E-state index is -4.63. The van der Waals surface area contributed by atoms with Crippen LogP contribution in [0.2, 0.25) is 0 Å². The third-order valence-electron chi connectivity index (χ3n) is 2.21. The van der Waals surface area contributed by atoms with Gasteiger partial charge in [0, 0.05) is 12.7 Å². The minimum absolute atomic E-state index is 0.179. The molecule has 0 saturated carbocycles. The van der Waals surface area contributed by atoms with Gasteiger partial charge in [0.15, 0.2) is 0 Å². The van der Waals surface area contributed by atoms with Crippen LogP contribution in [0.15, 0.2) is 12.3 Å². The molecule has 0 aliphatic carbocycles. The van der Waals surface area contributed by atoms with E-state index in [1.165, 1.54) is 6.20 Å². The number of hydrogen-bond acceptors (Lipinski definition) is 1. The van der Waals surface area contributed by atoms with Crippen LogP contribution in [-0.4, -0.2) is 15.6 Å². The molecule has 1 aromatic heterocycles. The van der Waals surface area contributed by atoms with Crippen molar-refractivity contribution in [2.75, 3.05) is 0 Å². The predicted molar refractivity (Wildman–Crippen MR) is 51.3 cm³/mol. The molecule has 3 nitrogen and oxygen atoms in total. The molecule has 0 unspecified atom stereocenters. The van der Waals surface area contributed by atoms with Gasteiger partial charge < -0.3 is 9.67 Å². The van der Waals surface area contributed by atoms with Gasteiger partial charge in [0.25, 0.3) is 0 Å². The zero-order valence-electron chi connectivity index (χ0n) is 8.71. The first kappa shape index (κ1) is 12.6. The van der Waals surface area contributed by atoms with Gasteiger partial charge in [-0.25, -0.2) is 4.79 Å². The smallest absolute Gasteiger partial charge is 0.432 e. The highest BCUT2D eigenvalue weighted by molar-refractivity contribution is 5.89. The van der Waals surface area contributed by atoms with Crippen LogP contribution in [0.3, 0.4) is 0 Å². The van der Waals surface area contributed by atoms with Gasteiger partial charge >= 0.3 is 12.1 Å². The fourth-order valence-electron chi connectivity index (χ4n) is 1.48. The Hall–Kier alpha value is -1.46. The summed E-state index contributed by atoms with van der Waals surface area (Å²) in [5.41, 5.74) is -1.77. The molecule has 0 aliphatic heterocycles. The van der Waals surface area contributed by atoms with Crippen LogP contribution in [0.5, 0.6) is 0 Å². The van der Waals surface area contributed by atoms with Gasteiger partial charge in [-0.3, -0.25) is 0 Å². The van der Waals surface area contributed by atoms with Crippen LogP contribution in [0, 0.1) is 0 Å². The molecule has 0 saturated heterocycles. The first-order valence-electron chi connectivity index (χ1n) is 4.87. The van der Waals surface area contributed by atoms with Crippen LogP contribution in [-0.2, 0) is 12.7 Å². The first-order valence-corrected chi connectivity index (χ1v) is 4.87. The lowest BCUT2D eigenvalue weighted by molar-refractivity contribution is -0.144. The second kappa shape index (κ2) is 4.59. The van der Waals surface area contributed by atoms with Crippen molar-refractivity contribution in [3.05, 3.63) is 23.5 Å². The number of carboxylic acids is 1. The van der Waals surface area contributed by atoms with Crippen LogP contribution in [0.4, 0.5) is 13.2 Å². The van der Waals surface area contributed by atoms with Gasteiger partial charge in [0.1, 0.15) is 5.69 Å². The molecular formula is C10H12F3NO2. The Morgan fingerprint density at radius 2 is 2.12 bits per heavy atom. The predicted octanol–water partition coefficient (Wildman–Crippen LogP) is 3.01. The summed E-state index contributed by atoms with van der Waals surface area (Å²) in [5, 5.41) is 8.65. The standard InChI is InChI=1S/C10H12F3NO2/c1-2-3-5-14-6-4-7(9(15)16)8(14)10(11,12)13/h4,6H,2-3,5H2,1H3,(H,15,16). The topological polar surface area (TPSA) is 42.2 Å². The van der Waals surface area contributed by atoms with Crippen LogP contribution >= 0.6 is 0 Å². The summed E-state index contributed by atoms with van der Waals surface area (Å²) in [7, 11) is 0. The fraction of sp³-hybridized carbons (Fsp3) is 0.500. The van der Waals surface area contributed by atoms with E-state index in [-0.39, 0.29) is 6.54 Å². The van der Waals surface area contributed by atoms with E-state index >= 15 is 0 Å². The van der Waals surface area contributed by atoms with Crippen LogP contribution < -0.4 is 0 Å². The molecule has 0 radical (unpaired) electrons. The zero-order valence-corrected chi connectivity index (χ0v) is 8.71. The second-order valence-electron chi connectivity index (χ2n) is 3.43. The molecule has 1 aromatic rings. The molecule has 6 heteroatoms. The number of nitrogens with zero attached hydrogens (tertiary/aromatic N) is 1. The van der Waals surface area contributed by atoms with Gasteiger partial charge in [0.05, 0.1) is 5.56 Å². The number of hydrogen-bond donors (Lipinski definition) is 1. The molecule has 0 spiro atoms. The zero-order chi connectivity index (χ0) is 12.3. The Morgan fingerprint density at radius 3 is 2.56 bits per heavy atom. The number of carbonyl (C=O) groups is 1. The normalized spacial score (nSPS) is 11.8. The highest BCUT2D eigenvalue weighted by Crippen LogP contribution is 2.33. The van der Waals surface area contributed by atoms with Gasteiger partial charge in [-0.15, -0.1) is 0 Å².